The number of Topliss-reactive ketones (excluding diaryl/α,β-unsaturated/α-hetero) is 1. The van der Waals surface area contributed by atoms with Crippen LogP contribution in [0.5, 0.6) is 0 Å². The van der Waals surface area contributed by atoms with Crippen LogP contribution in [0.25, 0.3) is 10.9 Å². The molecule has 104 valence electrons. The predicted octanol–water partition coefficient (Wildman–Crippen LogP) is 1.33. The number of ketones is 1. The van der Waals surface area contributed by atoms with Crippen molar-refractivity contribution in [1.82, 2.24) is 14.9 Å². The molecular formula is C15H17N3O2. The summed E-state index contributed by atoms with van der Waals surface area (Å²) >= 11 is 0. The molecule has 1 unspecified atom stereocenters. The number of nitrogens with one attached hydrogen (secondary N) is 1. The van der Waals surface area contributed by atoms with E-state index in [-0.39, 0.29) is 11.5 Å². The third-order valence-electron chi connectivity index (χ3n) is 3.79. The summed E-state index contributed by atoms with van der Waals surface area (Å²) in [6.07, 6.45) is 0.582. The SMILES string of the molecule is CC1CN(Cc2nc3ccccc3c(=O)[nH]2)CCC1=O. The predicted molar refractivity (Wildman–Crippen MR) is 76.4 cm³/mol. The fourth-order valence-corrected chi connectivity index (χ4v) is 2.66. The molecule has 2 aromatic rings. The second-order valence-electron chi connectivity index (χ2n) is 5.38. The van der Waals surface area contributed by atoms with E-state index in [4.69, 9.17) is 0 Å². The van der Waals surface area contributed by atoms with E-state index in [1.54, 1.807) is 6.07 Å². The van der Waals surface area contributed by atoms with Crippen molar-refractivity contribution in [2.75, 3.05) is 13.1 Å². The number of hydrogen-bond acceptors (Lipinski definition) is 4. The number of aromatic nitrogens is 2. The third-order valence-corrected chi connectivity index (χ3v) is 3.79. The molecule has 5 heteroatoms. The minimum Gasteiger partial charge on any atom is -0.309 e. The summed E-state index contributed by atoms with van der Waals surface area (Å²) in [5, 5.41) is 0.610. The summed E-state index contributed by atoms with van der Waals surface area (Å²) in [7, 11) is 0. The van der Waals surface area contributed by atoms with E-state index in [0.717, 1.165) is 13.1 Å². The smallest absolute Gasteiger partial charge is 0.258 e. The van der Waals surface area contributed by atoms with Crippen molar-refractivity contribution in [3.05, 3.63) is 40.4 Å². The van der Waals surface area contributed by atoms with Gasteiger partial charge in [-0.15, -0.1) is 0 Å². The minimum absolute atomic E-state index is 0.0657. The lowest BCUT2D eigenvalue weighted by Crippen LogP contribution is -2.39. The number of para-hydroxylation sites is 1. The van der Waals surface area contributed by atoms with Crippen LogP contribution < -0.4 is 5.56 Å². The fraction of sp³-hybridized carbons (Fsp3) is 0.400. The van der Waals surface area contributed by atoms with Crippen LogP contribution in [-0.2, 0) is 11.3 Å². The number of aromatic amines is 1. The summed E-state index contributed by atoms with van der Waals surface area (Å²) < 4.78 is 0. The van der Waals surface area contributed by atoms with Gasteiger partial charge in [0, 0.05) is 25.4 Å². The second-order valence-corrected chi connectivity index (χ2v) is 5.38. The Kier molecular flexibility index (Phi) is 3.36. The first-order valence-corrected chi connectivity index (χ1v) is 6.86. The van der Waals surface area contributed by atoms with Gasteiger partial charge < -0.3 is 4.98 Å². The maximum atomic E-state index is 12.0. The van der Waals surface area contributed by atoms with Gasteiger partial charge in [0.25, 0.3) is 5.56 Å². The van der Waals surface area contributed by atoms with Gasteiger partial charge in [-0.3, -0.25) is 14.5 Å². The van der Waals surface area contributed by atoms with E-state index < -0.39 is 0 Å². The highest BCUT2D eigenvalue weighted by Gasteiger charge is 2.23. The number of fused-ring (bicyclic) bond motifs is 1. The Hall–Kier alpha value is -2.01. The van der Waals surface area contributed by atoms with Gasteiger partial charge in [0.1, 0.15) is 11.6 Å². The molecule has 0 saturated carbocycles. The van der Waals surface area contributed by atoms with Crippen molar-refractivity contribution in [3.63, 3.8) is 0 Å². The minimum atomic E-state index is -0.105. The highest BCUT2D eigenvalue weighted by molar-refractivity contribution is 5.81. The molecule has 1 aliphatic heterocycles. The molecule has 0 amide bonds. The molecule has 1 aromatic carbocycles. The quantitative estimate of drug-likeness (QED) is 0.895. The van der Waals surface area contributed by atoms with E-state index >= 15 is 0 Å². The van der Waals surface area contributed by atoms with Gasteiger partial charge in [-0.2, -0.15) is 0 Å². The van der Waals surface area contributed by atoms with Crippen LogP contribution in [0.4, 0.5) is 0 Å². The standard InChI is InChI=1S/C15H17N3O2/c1-10-8-18(7-6-13(10)19)9-14-16-12-5-3-2-4-11(12)15(20)17-14/h2-5,10H,6-9H2,1H3,(H,16,17,20). The third kappa shape index (κ3) is 2.49. The molecule has 20 heavy (non-hydrogen) atoms. The van der Waals surface area contributed by atoms with E-state index in [9.17, 15) is 9.59 Å². The first-order chi connectivity index (χ1) is 9.63. The zero-order valence-corrected chi connectivity index (χ0v) is 11.4. The lowest BCUT2D eigenvalue weighted by atomic mass is 9.99. The maximum Gasteiger partial charge on any atom is 0.258 e. The van der Waals surface area contributed by atoms with Crippen molar-refractivity contribution in [2.24, 2.45) is 5.92 Å². The zero-order valence-electron chi connectivity index (χ0n) is 11.4. The summed E-state index contributed by atoms with van der Waals surface area (Å²) in [4.78, 5) is 33.0. The summed E-state index contributed by atoms with van der Waals surface area (Å²) in [5.74, 6) is 1.05. The topological polar surface area (TPSA) is 66.1 Å². The molecule has 1 saturated heterocycles. The van der Waals surface area contributed by atoms with Gasteiger partial charge in [0.15, 0.2) is 0 Å². The van der Waals surface area contributed by atoms with Gasteiger partial charge in [-0.1, -0.05) is 19.1 Å². The van der Waals surface area contributed by atoms with Gasteiger partial charge in [0.2, 0.25) is 0 Å². The Balaban J connectivity index is 1.84. The first kappa shape index (κ1) is 13.0. The van der Waals surface area contributed by atoms with Crippen molar-refractivity contribution < 1.29 is 4.79 Å². The van der Waals surface area contributed by atoms with Crippen LogP contribution in [0, 0.1) is 5.92 Å². The van der Waals surface area contributed by atoms with Crippen LogP contribution in [0.1, 0.15) is 19.2 Å². The molecule has 1 N–H and O–H groups in total. The monoisotopic (exact) mass is 271 g/mol. The zero-order chi connectivity index (χ0) is 14.1. The Morgan fingerprint density at radius 1 is 1.35 bits per heavy atom. The molecule has 1 fully saturated rings. The molecule has 0 bridgehead atoms. The summed E-state index contributed by atoms with van der Waals surface area (Å²) in [6, 6.07) is 7.32. The molecule has 1 atom stereocenters. The Morgan fingerprint density at radius 3 is 2.95 bits per heavy atom. The molecule has 3 rings (SSSR count). The fourth-order valence-electron chi connectivity index (χ4n) is 2.66. The number of carbonyl (C=O) groups excluding carboxylic acids is 1. The number of carbonyl (C=O) groups is 1. The molecule has 0 radical (unpaired) electrons. The van der Waals surface area contributed by atoms with Crippen LogP contribution in [0.2, 0.25) is 0 Å². The molecule has 0 aliphatic carbocycles. The molecule has 1 aliphatic rings. The average Bonchev–Trinajstić information content (AvgIpc) is 2.43. The Morgan fingerprint density at radius 2 is 2.15 bits per heavy atom. The average molecular weight is 271 g/mol. The van der Waals surface area contributed by atoms with Gasteiger partial charge in [-0.25, -0.2) is 4.98 Å². The number of benzene rings is 1. The summed E-state index contributed by atoms with van der Waals surface area (Å²) in [6.45, 7) is 4.00. The molecule has 1 aromatic heterocycles. The Labute approximate surface area is 116 Å². The number of piperidine rings is 1. The van der Waals surface area contributed by atoms with E-state index in [0.29, 0.717) is 35.5 Å². The van der Waals surface area contributed by atoms with E-state index in [2.05, 4.69) is 14.9 Å². The maximum absolute atomic E-state index is 12.0. The van der Waals surface area contributed by atoms with E-state index in [1.807, 2.05) is 25.1 Å². The molecule has 0 spiro atoms. The Bertz CT molecular complexity index is 708. The van der Waals surface area contributed by atoms with Crippen LogP contribution in [0.15, 0.2) is 29.1 Å². The number of hydrogen-bond donors (Lipinski definition) is 1. The number of nitrogens with zero attached hydrogens (tertiary/aromatic N) is 2. The molecule has 2 heterocycles. The van der Waals surface area contributed by atoms with Crippen molar-refractivity contribution in [1.29, 1.82) is 0 Å². The van der Waals surface area contributed by atoms with Gasteiger partial charge in [-0.05, 0) is 12.1 Å². The van der Waals surface area contributed by atoms with Crippen molar-refractivity contribution >= 4 is 16.7 Å². The number of H-pyrrole nitrogens is 1. The largest absolute Gasteiger partial charge is 0.309 e. The van der Waals surface area contributed by atoms with Crippen LogP contribution in [0.3, 0.4) is 0 Å². The van der Waals surface area contributed by atoms with Crippen LogP contribution >= 0.6 is 0 Å². The number of rotatable bonds is 2. The van der Waals surface area contributed by atoms with E-state index in [1.165, 1.54) is 0 Å². The molecule has 5 nitrogen and oxygen atoms in total. The first-order valence-electron chi connectivity index (χ1n) is 6.86. The highest BCUT2D eigenvalue weighted by atomic mass is 16.1. The van der Waals surface area contributed by atoms with Gasteiger partial charge >= 0.3 is 0 Å². The normalized spacial score (nSPS) is 20.4. The second kappa shape index (κ2) is 5.17. The lowest BCUT2D eigenvalue weighted by Gasteiger charge is -2.29. The molecular weight excluding hydrogens is 254 g/mol. The lowest BCUT2D eigenvalue weighted by molar-refractivity contribution is -0.125. The highest BCUT2D eigenvalue weighted by Crippen LogP contribution is 2.14. The van der Waals surface area contributed by atoms with Gasteiger partial charge in [0.05, 0.1) is 17.4 Å². The van der Waals surface area contributed by atoms with Crippen molar-refractivity contribution in [3.8, 4) is 0 Å². The van der Waals surface area contributed by atoms with Crippen LogP contribution in [-0.4, -0.2) is 33.7 Å². The van der Waals surface area contributed by atoms with Crippen molar-refractivity contribution in [2.45, 2.75) is 19.9 Å². The summed E-state index contributed by atoms with van der Waals surface area (Å²) in [5.41, 5.74) is 0.610. The number of likely N-dealkylation sites (tertiary alicyclic amines) is 1.